The van der Waals surface area contributed by atoms with E-state index in [0.29, 0.717) is 19.0 Å². The van der Waals surface area contributed by atoms with Crippen molar-refractivity contribution < 1.29 is 4.79 Å². The minimum absolute atomic E-state index is 0. The molecule has 0 saturated carbocycles. The van der Waals surface area contributed by atoms with E-state index in [1.807, 2.05) is 11.9 Å². The molecule has 7 heteroatoms. The Balaban J connectivity index is 0.00000320. The van der Waals surface area contributed by atoms with Gasteiger partial charge in [-0.3, -0.25) is 9.79 Å². The van der Waals surface area contributed by atoms with Crippen molar-refractivity contribution in [2.24, 2.45) is 10.9 Å². The number of benzene rings is 1. The third-order valence-electron chi connectivity index (χ3n) is 5.77. The van der Waals surface area contributed by atoms with Crippen LogP contribution in [0.2, 0.25) is 0 Å². The van der Waals surface area contributed by atoms with Crippen LogP contribution in [0.4, 0.5) is 0 Å². The molecule has 30 heavy (non-hydrogen) atoms. The second-order valence-corrected chi connectivity index (χ2v) is 8.78. The number of amides is 1. The summed E-state index contributed by atoms with van der Waals surface area (Å²) in [6.07, 6.45) is 4.00. The van der Waals surface area contributed by atoms with Crippen LogP contribution in [0.5, 0.6) is 0 Å². The van der Waals surface area contributed by atoms with E-state index in [4.69, 9.17) is 0 Å². The number of hydrogen-bond donors (Lipinski definition) is 2. The fourth-order valence-electron chi connectivity index (χ4n) is 4.28. The summed E-state index contributed by atoms with van der Waals surface area (Å²) in [7, 11) is 1.83. The van der Waals surface area contributed by atoms with Crippen molar-refractivity contribution in [3.8, 4) is 0 Å². The third kappa shape index (κ3) is 7.72. The van der Waals surface area contributed by atoms with Crippen LogP contribution in [0.25, 0.3) is 0 Å². The molecule has 2 fully saturated rings. The number of carbonyl (C=O) groups excluding carboxylic acids is 1. The van der Waals surface area contributed by atoms with Gasteiger partial charge < -0.3 is 20.4 Å². The summed E-state index contributed by atoms with van der Waals surface area (Å²) >= 11 is 0. The zero-order valence-corrected chi connectivity index (χ0v) is 21.0. The lowest BCUT2D eigenvalue weighted by Crippen LogP contribution is -2.48. The minimum Gasteiger partial charge on any atom is -0.354 e. The first-order valence-electron chi connectivity index (χ1n) is 11.1. The van der Waals surface area contributed by atoms with Crippen molar-refractivity contribution in [2.45, 2.75) is 58.7 Å². The number of guanidine groups is 1. The number of aliphatic imine (C=N–C) groups is 1. The maximum absolute atomic E-state index is 11.9. The van der Waals surface area contributed by atoms with Gasteiger partial charge in [0.1, 0.15) is 0 Å². The molecule has 2 N–H and O–H groups in total. The normalized spacial score (nSPS) is 18.6. The second kappa shape index (κ2) is 12.5. The van der Waals surface area contributed by atoms with E-state index in [-0.39, 0.29) is 29.9 Å². The van der Waals surface area contributed by atoms with Crippen LogP contribution in [0.3, 0.4) is 0 Å². The minimum atomic E-state index is 0. The number of nitrogens with zero attached hydrogens (tertiary/aromatic N) is 3. The van der Waals surface area contributed by atoms with Crippen molar-refractivity contribution in [1.82, 2.24) is 20.4 Å². The molecule has 2 heterocycles. The summed E-state index contributed by atoms with van der Waals surface area (Å²) < 4.78 is 0. The summed E-state index contributed by atoms with van der Waals surface area (Å²) in [6, 6.07) is 8.98. The summed E-state index contributed by atoms with van der Waals surface area (Å²) in [5.41, 5.74) is 2.41. The van der Waals surface area contributed by atoms with E-state index in [2.05, 4.69) is 58.6 Å². The van der Waals surface area contributed by atoms with E-state index in [1.165, 1.54) is 17.7 Å². The fourth-order valence-corrected chi connectivity index (χ4v) is 4.28. The zero-order valence-electron chi connectivity index (χ0n) is 18.7. The van der Waals surface area contributed by atoms with Crippen LogP contribution in [-0.2, 0) is 17.9 Å². The Bertz CT molecular complexity index is 701. The monoisotopic (exact) mass is 527 g/mol. The highest BCUT2D eigenvalue weighted by Crippen LogP contribution is 2.15. The number of piperidine rings is 1. The topological polar surface area (TPSA) is 60.0 Å². The number of hydrogen-bond acceptors (Lipinski definition) is 3. The number of halogens is 1. The molecule has 1 aromatic carbocycles. The molecule has 0 radical (unpaired) electrons. The van der Waals surface area contributed by atoms with Crippen molar-refractivity contribution in [2.75, 3.05) is 33.2 Å². The summed E-state index contributed by atoms with van der Waals surface area (Å²) in [5.74, 6) is 1.87. The summed E-state index contributed by atoms with van der Waals surface area (Å²) in [6.45, 7) is 10.4. The molecule has 2 aliphatic rings. The lowest BCUT2D eigenvalue weighted by atomic mass is 10.0. The molecule has 0 bridgehead atoms. The highest BCUT2D eigenvalue weighted by molar-refractivity contribution is 14.0. The van der Waals surface area contributed by atoms with Gasteiger partial charge in [0, 0.05) is 58.8 Å². The van der Waals surface area contributed by atoms with E-state index >= 15 is 0 Å². The van der Waals surface area contributed by atoms with Crippen molar-refractivity contribution in [3.05, 3.63) is 35.4 Å². The van der Waals surface area contributed by atoms with Crippen LogP contribution in [0.1, 0.15) is 50.7 Å². The smallest absolute Gasteiger partial charge is 0.222 e. The molecule has 0 atom stereocenters. The Morgan fingerprint density at radius 2 is 1.93 bits per heavy atom. The maximum atomic E-state index is 11.9. The van der Waals surface area contributed by atoms with Gasteiger partial charge >= 0.3 is 0 Å². The molecule has 0 aliphatic carbocycles. The molecule has 1 aromatic rings. The first-order valence-corrected chi connectivity index (χ1v) is 11.1. The first kappa shape index (κ1) is 24.9. The Kier molecular flexibility index (Phi) is 10.4. The van der Waals surface area contributed by atoms with Crippen molar-refractivity contribution >= 4 is 35.8 Å². The molecule has 0 aromatic heterocycles. The predicted octanol–water partition coefficient (Wildman–Crippen LogP) is 3.21. The Hall–Kier alpha value is -1.35. The van der Waals surface area contributed by atoms with Gasteiger partial charge in [0.05, 0.1) is 0 Å². The second-order valence-electron chi connectivity index (χ2n) is 8.78. The summed E-state index contributed by atoms with van der Waals surface area (Å²) in [5, 5.41) is 7.04. The van der Waals surface area contributed by atoms with E-state index in [0.717, 1.165) is 57.3 Å². The highest BCUT2D eigenvalue weighted by atomic mass is 127. The Morgan fingerprint density at radius 3 is 2.57 bits per heavy atom. The largest absolute Gasteiger partial charge is 0.354 e. The molecule has 6 nitrogen and oxygen atoms in total. The average Bonchev–Trinajstić information content (AvgIpc) is 3.11. The van der Waals surface area contributed by atoms with Gasteiger partial charge in [-0.15, -0.1) is 24.0 Å². The molecular formula is C23H38IN5O. The zero-order chi connectivity index (χ0) is 20.6. The first-order chi connectivity index (χ1) is 14.0. The SMILES string of the molecule is CN=C(NCc1cccc(CN2CCCC2=O)c1)NC1CCN(CC(C)C)CC1.I. The van der Waals surface area contributed by atoms with E-state index in [9.17, 15) is 4.79 Å². The predicted molar refractivity (Wildman–Crippen MR) is 134 cm³/mol. The Morgan fingerprint density at radius 1 is 1.20 bits per heavy atom. The fraction of sp³-hybridized carbons (Fsp3) is 0.652. The number of carbonyl (C=O) groups is 1. The van der Waals surface area contributed by atoms with Gasteiger partial charge in [-0.1, -0.05) is 38.1 Å². The lowest BCUT2D eigenvalue weighted by Gasteiger charge is -2.34. The molecular weight excluding hydrogens is 489 g/mol. The van der Waals surface area contributed by atoms with Crippen LogP contribution in [0, 0.1) is 5.92 Å². The van der Waals surface area contributed by atoms with Crippen LogP contribution >= 0.6 is 24.0 Å². The lowest BCUT2D eigenvalue weighted by molar-refractivity contribution is -0.128. The van der Waals surface area contributed by atoms with Gasteiger partial charge in [-0.25, -0.2) is 0 Å². The number of rotatable bonds is 7. The molecule has 2 aliphatic heterocycles. The van der Waals surface area contributed by atoms with Gasteiger partial charge in [0.25, 0.3) is 0 Å². The van der Waals surface area contributed by atoms with Crippen LogP contribution in [-0.4, -0.2) is 60.9 Å². The molecule has 1 amide bonds. The highest BCUT2D eigenvalue weighted by Gasteiger charge is 2.21. The standard InChI is InChI=1S/C23H37N5O.HI/c1-18(2)16-27-12-9-21(10-13-27)26-23(24-3)25-15-19-6-4-7-20(14-19)17-28-11-5-8-22(28)29;/h4,6-7,14,18,21H,5,8-13,15-17H2,1-3H3,(H2,24,25,26);1H. The number of likely N-dealkylation sites (tertiary alicyclic amines) is 2. The Labute approximate surface area is 198 Å². The van der Waals surface area contributed by atoms with Crippen LogP contribution < -0.4 is 10.6 Å². The van der Waals surface area contributed by atoms with Gasteiger partial charge in [-0.05, 0) is 36.3 Å². The van der Waals surface area contributed by atoms with Gasteiger partial charge in [0.2, 0.25) is 5.91 Å². The van der Waals surface area contributed by atoms with Gasteiger partial charge in [-0.2, -0.15) is 0 Å². The molecule has 0 spiro atoms. The maximum Gasteiger partial charge on any atom is 0.222 e. The van der Waals surface area contributed by atoms with E-state index in [1.54, 1.807) is 0 Å². The number of nitrogens with one attached hydrogen (secondary N) is 2. The quantitative estimate of drug-likeness (QED) is 0.325. The molecule has 3 rings (SSSR count). The molecule has 168 valence electrons. The molecule has 2 saturated heterocycles. The third-order valence-corrected chi connectivity index (χ3v) is 5.77. The summed E-state index contributed by atoms with van der Waals surface area (Å²) in [4.78, 5) is 20.8. The molecule has 0 unspecified atom stereocenters. The van der Waals surface area contributed by atoms with E-state index < -0.39 is 0 Å². The van der Waals surface area contributed by atoms with Gasteiger partial charge in [0.15, 0.2) is 5.96 Å². The van der Waals surface area contributed by atoms with Crippen molar-refractivity contribution in [3.63, 3.8) is 0 Å². The van der Waals surface area contributed by atoms with Crippen molar-refractivity contribution in [1.29, 1.82) is 0 Å². The average molecular weight is 527 g/mol. The van der Waals surface area contributed by atoms with Crippen LogP contribution in [0.15, 0.2) is 29.3 Å².